The summed E-state index contributed by atoms with van der Waals surface area (Å²) >= 11 is 0. The highest BCUT2D eigenvalue weighted by atomic mass is 28.4. The normalized spacial score (nSPS) is 20.0. The second-order valence-corrected chi connectivity index (χ2v) is 12.6. The van der Waals surface area contributed by atoms with Gasteiger partial charge >= 0.3 is 5.97 Å². The monoisotopic (exact) mass is 368 g/mol. The van der Waals surface area contributed by atoms with E-state index in [9.17, 15) is 4.79 Å². The van der Waals surface area contributed by atoms with Gasteiger partial charge in [-0.15, -0.1) is 0 Å². The highest BCUT2D eigenvalue weighted by molar-refractivity contribution is 6.99. The van der Waals surface area contributed by atoms with E-state index in [1.807, 2.05) is 12.1 Å². The quantitative estimate of drug-likeness (QED) is 0.759. The van der Waals surface area contributed by atoms with Crippen molar-refractivity contribution in [3.05, 3.63) is 60.7 Å². The van der Waals surface area contributed by atoms with Crippen LogP contribution >= 0.6 is 0 Å². The zero-order chi connectivity index (χ0) is 18.8. The number of carboxylic acid groups (broad SMARTS) is 1. The van der Waals surface area contributed by atoms with Gasteiger partial charge in [-0.05, 0) is 33.7 Å². The summed E-state index contributed by atoms with van der Waals surface area (Å²) < 4.78 is 6.85. The molecule has 1 saturated carbocycles. The average Bonchev–Trinajstić information content (AvgIpc) is 3.33. The minimum Gasteiger partial charge on any atom is -0.481 e. The molecule has 0 radical (unpaired) electrons. The van der Waals surface area contributed by atoms with Gasteiger partial charge in [0.15, 0.2) is 0 Å². The molecule has 0 aromatic heterocycles. The van der Waals surface area contributed by atoms with Gasteiger partial charge in [-0.25, -0.2) is 0 Å². The molecule has 2 atom stereocenters. The van der Waals surface area contributed by atoms with Gasteiger partial charge in [0.1, 0.15) is 0 Å². The van der Waals surface area contributed by atoms with E-state index in [1.165, 1.54) is 10.4 Å². The van der Waals surface area contributed by atoms with Crippen LogP contribution in [0.4, 0.5) is 0 Å². The molecule has 1 N–H and O–H groups in total. The van der Waals surface area contributed by atoms with Gasteiger partial charge in [0.05, 0.1) is 0 Å². The Morgan fingerprint density at radius 1 is 1.00 bits per heavy atom. The van der Waals surface area contributed by atoms with Crippen LogP contribution in [0.1, 0.15) is 33.6 Å². The van der Waals surface area contributed by atoms with Crippen molar-refractivity contribution in [3.63, 3.8) is 0 Å². The number of benzene rings is 2. The van der Waals surface area contributed by atoms with E-state index >= 15 is 0 Å². The predicted molar refractivity (Wildman–Crippen MR) is 107 cm³/mol. The summed E-state index contributed by atoms with van der Waals surface area (Å²) in [6, 6.07) is 21.2. The Bertz CT molecular complexity index is 697. The Kier molecular flexibility index (Phi) is 5.35. The molecular formula is C22H28O3Si. The predicted octanol–water partition coefficient (Wildman–Crippen LogP) is 3.67. The van der Waals surface area contributed by atoms with Gasteiger partial charge in [0.2, 0.25) is 0 Å². The summed E-state index contributed by atoms with van der Waals surface area (Å²) in [6.07, 6.45) is 1.22. The SMILES string of the molecule is CC(C)(C)[Si](OCC1CC1CC(=O)O)(c1ccccc1)c1ccccc1. The summed E-state index contributed by atoms with van der Waals surface area (Å²) in [5.74, 6) is -0.0681. The van der Waals surface area contributed by atoms with E-state index in [0.29, 0.717) is 12.5 Å². The number of aliphatic carboxylic acids is 1. The molecule has 1 fully saturated rings. The molecule has 0 saturated heterocycles. The second-order valence-electron chi connectivity index (χ2n) is 8.33. The number of hydrogen-bond acceptors (Lipinski definition) is 2. The van der Waals surface area contributed by atoms with Gasteiger partial charge in [0, 0.05) is 13.0 Å². The summed E-state index contributed by atoms with van der Waals surface area (Å²) in [5.41, 5.74) is 0. The Morgan fingerprint density at radius 3 is 1.92 bits per heavy atom. The van der Waals surface area contributed by atoms with Crippen LogP contribution in [0.5, 0.6) is 0 Å². The number of carbonyl (C=O) groups is 1. The van der Waals surface area contributed by atoms with E-state index in [0.717, 1.165) is 6.42 Å². The molecule has 0 aliphatic heterocycles. The molecule has 4 heteroatoms. The first-order valence-corrected chi connectivity index (χ1v) is 11.2. The third-order valence-corrected chi connectivity index (χ3v) is 10.4. The van der Waals surface area contributed by atoms with Crippen LogP contribution in [0.15, 0.2) is 60.7 Å². The lowest BCUT2D eigenvalue weighted by molar-refractivity contribution is -0.137. The molecule has 138 valence electrons. The molecular weight excluding hydrogens is 340 g/mol. The fourth-order valence-corrected chi connectivity index (χ4v) is 8.60. The fraction of sp³-hybridized carbons (Fsp3) is 0.409. The van der Waals surface area contributed by atoms with Gasteiger partial charge < -0.3 is 9.53 Å². The van der Waals surface area contributed by atoms with Crippen molar-refractivity contribution < 1.29 is 14.3 Å². The Balaban J connectivity index is 1.95. The zero-order valence-corrected chi connectivity index (χ0v) is 16.8. The van der Waals surface area contributed by atoms with Crippen LogP contribution in [-0.2, 0) is 9.22 Å². The van der Waals surface area contributed by atoms with E-state index in [2.05, 4.69) is 69.3 Å². The van der Waals surface area contributed by atoms with E-state index in [1.54, 1.807) is 0 Å². The minimum atomic E-state index is -2.49. The molecule has 0 heterocycles. The van der Waals surface area contributed by atoms with Crippen molar-refractivity contribution in [1.29, 1.82) is 0 Å². The van der Waals surface area contributed by atoms with Crippen LogP contribution < -0.4 is 10.4 Å². The molecule has 2 aromatic carbocycles. The van der Waals surface area contributed by atoms with Crippen molar-refractivity contribution in [3.8, 4) is 0 Å². The van der Waals surface area contributed by atoms with E-state index in [4.69, 9.17) is 9.53 Å². The molecule has 3 rings (SSSR count). The molecule has 0 bridgehead atoms. The Labute approximate surface area is 157 Å². The standard InChI is InChI=1S/C22H28O3Si/c1-22(2,3)26(19-10-6-4-7-11-19,20-12-8-5-9-13-20)25-16-18-14-17(18)15-21(23)24/h4-13,17-18H,14-16H2,1-3H3,(H,23,24). The summed E-state index contributed by atoms with van der Waals surface area (Å²) in [4.78, 5) is 11.0. The van der Waals surface area contributed by atoms with Crippen LogP contribution in [0.2, 0.25) is 5.04 Å². The summed E-state index contributed by atoms with van der Waals surface area (Å²) in [5, 5.41) is 11.5. The smallest absolute Gasteiger partial charge is 0.303 e. The molecule has 0 spiro atoms. The van der Waals surface area contributed by atoms with Crippen LogP contribution in [0, 0.1) is 11.8 Å². The zero-order valence-electron chi connectivity index (χ0n) is 15.8. The molecule has 26 heavy (non-hydrogen) atoms. The molecule has 1 aliphatic rings. The van der Waals surface area contributed by atoms with Crippen molar-refractivity contribution in [2.75, 3.05) is 6.61 Å². The largest absolute Gasteiger partial charge is 0.481 e. The van der Waals surface area contributed by atoms with Crippen LogP contribution in [0.3, 0.4) is 0 Å². The van der Waals surface area contributed by atoms with E-state index in [-0.39, 0.29) is 17.4 Å². The minimum absolute atomic E-state index is 0.0348. The fourth-order valence-electron chi connectivity index (χ4n) is 3.98. The first kappa shape index (κ1) is 18.9. The first-order chi connectivity index (χ1) is 12.3. The lowest BCUT2D eigenvalue weighted by Crippen LogP contribution is -2.66. The topological polar surface area (TPSA) is 46.5 Å². The van der Waals surface area contributed by atoms with Gasteiger partial charge in [-0.1, -0.05) is 81.4 Å². The molecule has 3 nitrogen and oxygen atoms in total. The van der Waals surface area contributed by atoms with Gasteiger partial charge in [-0.3, -0.25) is 4.79 Å². The maximum atomic E-state index is 11.0. The molecule has 1 aliphatic carbocycles. The average molecular weight is 369 g/mol. The number of carboxylic acids is 1. The van der Waals surface area contributed by atoms with Crippen molar-refractivity contribution in [2.45, 2.75) is 38.7 Å². The third kappa shape index (κ3) is 3.76. The van der Waals surface area contributed by atoms with Crippen molar-refractivity contribution in [2.24, 2.45) is 11.8 Å². The third-order valence-electron chi connectivity index (χ3n) is 5.44. The lowest BCUT2D eigenvalue weighted by atomic mass is 10.2. The van der Waals surface area contributed by atoms with E-state index < -0.39 is 14.3 Å². The number of hydrogen-bond donors (Lipinski definition) is 1. The highest BCUT2D eigenvalue weighted by Gasteiger charge is 2.51. The molecule has 2 aromatic rings. The second kappa shape index (κ2) is 7.37. The lowest BCUT2D eigenvalue weighted by Gasteiger charge is -2.43. The van der Waals surface area contributed by atoms with Gasteiger partial charge in [0.25, 0.3) is 8.32 Å². The highest BCUT2D eigenvalue weighted by Crippen LogP contribution is 2.44. The Hall–Kier alpha value is -1.91. The van der Waals surface area contributed by atoms with Gasteiger partial charge in [-0.2, -0.15) is 0 Å². The maximum absolute atomic E-state index is 11.0. The summed E-state index contributed by atoms with van der Waals surface area (Å²) in [7, 11) is -2.49. The van der Waals surface area contributed by atoms with Crippen LogP contribution in [0.25, 0.3) is 0 Å². The molecule has 0 amide bonds. The maximum Gasteiger partial charge on any atom is 0.303 e. The Morgan fingerprint density at radius 2 is 1.50 bits per heavy atom. The van der Waals surface area contributed by atoms with Crippen molar-refractivity contribution >= 4 is 24.7 Å². The first-order valence-electron chi connectivity index (χ1n) is 9.31. The van der Waals surface area contributed by atoms with Crippen LogP contribution in [-0.4, -0.2) is 26.0 Å². The molecule has 2 unspecified atom stereocenters. The van der Waals surface area contributed by atoms with Crippen molar-refractivity contribution in [1.82, 2.24) is 0 Å². The number of rotatable bonds is 7. The summed E-state index contributed by atoms with van der Waals surface area (Å²) in [6.45, 7) is 7.44.